The molecule has 0 spiro atoms. The van der Waals surface area contributed by atoms with E-state index in [0.717, 1.165) is 11.5 Å². The second-order valence-electron chi connectivity index (χ2n) is 1.31. The average molecular weight is 165 g/mol. The van der Waals surface area contributed by atoms with E-state index >= 15 is 0 Å². The van der Waals surface area contributed by atoms with E-state index in [2.05, 4.69) is 4.37 Å². The Morgan fingerprint density at radius 3 is 2.56 bits per heavy atom. The maximum absolute atomic E-state index is 10.2. The van der Waals surface area contributed by atoms with Crippen LogP contribution in [0.25, 0.3) is 0 Å². The van der Waals surface area contributed by atoms with Gasteiger partial charge in [0.25, 0.3) is 0 Å². The smallest absolute Gasteiger partial charge is 0.281 e. The predicted molar refractivity (Wildman–Crippen MR) is 31.9 cm³/mol. The van der Waals surface area contributed by atoms with Crippen molar-refractivity contribution in [3.8, 4) is 0 Å². The molecule has 50 valence electrons. The number of hydrogen-bond acceptors (Lipinski definition) is 4. The summed E-state index contributed by atoms with van der Waals surface area (Å²) in [6.07, 6.45) is 1.31. The molecular formula is C3H3NO3S2. The van der Waals surface area contributed by atoms with Crippen LogP contribution >= 0.6 is 11.5 Å². The maximum atomic E-state index is 10.2. The maximum Gasteiger partial charge on any atom is 0.305 e. The molecule has 1 N–H and O–H groups in total. The lowest BCUT2D eigenvalue weighted by molar-refractivity contribution is 0.485. The molecule has 0 aliphatic carbocycles. The number of nitrogens with zero attached hydrogens (tertiary/aromatic N) is 1. The van der Waals surface area contributed by atoms with Gasteiger partial charge in [-0.25, -0.2) is 0 Å². The molecule has 1 heterocycles. The van der Waals surface area contributed by atoms with Gasteiger partial charge in [-0.2, -0.15) is 12.8 Å². The normalized spacial score (nSPS) is 11.7. The molecule has 4 nitrogen and oxygen atoms in total. The van der Waals surface area contributed by atoms with Gasteiger partial charge in [0.05, 0.1) is 0 Å². The molecule has 0 aromatic carbocycles. The molecular weight excluding hydrogens is 162 g/mol. The lowest BCUT2D eigenvalue weighted by atomic mass is 10.8. The van der Waals surface area contributed by atoms with Crippen molar-refractivity contribution in [1.29, 1.82) is 0 Å². The second-order valence-corrected chi connectivity index (χ2v) is 3.79. The topological polar surface area (TPSA) is 67.3 Å². The summed E-state index contributed by atoms with van der Waals surface area (Å²) in [5.74, 6) is 0. The summed E-state index contributed by atoms with van der Waals surface area (Å²) in [5, 5.41) is 0. The molecule has 0 amide bonds. The standard InChI is InChI=1S/C3H3NO3S2/c5-9(6,7)3-1-2-4-8-3/h1-2H,(H,5,6,7). The van der Waals surface area contributed by atoms with Crippen molar-refractivity contribution >= 4 is 21.7 Å². The third-order valence-corrected chi connectivity index (χ3v) is 2.71. The van der Waals surface area contributed by atoms with E-state index < -0.39 is 10.1 Å². The lowest BCUT2D eigenvalue weighted by Gasteiger charge is -1.83. The summed E-state index contributed by atoms with van der Waals surface area (Å²) in [7, 11) is -4.00. The lowest BCUT2D eigenvalue weighted by Crippen LogP contribution is -1.92. The fraction of sp³-hybridized carbons (Fsp3) is 0. The quantitative estimate of drug-likeness (QED) is 0.611. The second kappa shape index (κ2) is 2.05. The Hall–Kier alpha value is -0.460. The van der Waals surface area contributed by atoms with Gasteiger partial charge < -0.3 is 0 Å². The van der Waals surface area contributed by atoms with Crippen molar-refractivity contribution in [1.82, 2.24) is 4.37 Å². The van der Waals surface area contributed by atoms with Gasteiger partial charge in [-0.15, -0.1) is 0 Å². The van der Waals surface area contributed by atoms with Crippen molar-refractivity contribution in [2.24, 2.45) is 0 Å². The molecule has 6 heteroatoms. The highest BCUT2D eigenvalue weighted by Crippen LogP contribution is 2.10. The monoisotopic (exact) mass is 165 g/mol. The van der Waals surface area contributed by atoms with Crippen LogP contribution in [0.3, 0.4) is 0 Å². The Kier molecular flexibility index (Phi) is 1.52. The molecule has 0 fully saturated rings. The van der Waals surface area contributed by atoms with Gasteiger partial charge in [-0.05, 0) is 17.6 Å². The van der Waals surface area contributed by atoms with Crippen molar-refractivity contribution in [3.63, 3.8) is 0 Å². The average Bonchev–Trinajstić information content (AvgIpc) is 2.08. The van der Waals surface area contributed by atoms with Gasteiger partial charge in [0.15, 0.2) is 4.21 Å². The fourth-order valence-corrected chi connectivity index (χ4v) is 1.42. The van der Waals surface area contributed by atoms with Gasteiger partial charge in [0.2, 0.25) is 0 Å². The van der Waals surface area contributed by atoms with Crippen LogP contribution in [0, 0.1) is 0 Å². The Labute approximate surface area is 56.1 Å². The molecule has 0 aliphatic heterocycles. The molecule has 0 unspecified atom stereocenters. The Bertz CT molecular complexity index is 274. The molecule has 0 saturated heterocycles. The summed E-state index contributed by atoms with van der Waals surface area (Å²) < 4.78 is 32.1. The summed E-state index contributed by atoms with van der Waals surface area (Å²) in [6.45, 7) is 0. The van der Waals surface area contributed by atoms with E-state index in [1.165, 1.54) is 12.3 Å². The molecule has 0 bridgehead atoms. The van der Waals surface area contributed by atoms with Crippen LogP contribution < -0.4 is 0 Å². The Balaban J connectivity index is 3.20. The molecule has 1 aromatic rings. The zero-order chi connectivity index (χ0) is 6.91. The number of hydrogen-bond donors (Lipinski definition) is 1. The third-order valence-electron chi connectivity index (χ3n) is 0.668. The van der Waals surface area contributed by atoms with Gasteiger partial charge in [0, 0.05) is 6.20 Å². The summed E-state index contributed by atoms with van der Waals surface area (Å²) >= 11 is 0.742. The van der Waals surface area contributed by atoms with E-state index in [4.69, 9.17) is 4.55 Å². The zero-order valence-electron chi connectivity index (χ0n) is 4.18. The summed E-state index contributed by atoms with van der Waals surface area (Å²) in [6, 6.07) is 1.24. The van der Waals surface area contributed by atoms with E-state index in [1.807, 2.05) is 0 Å². The van der Waals surface area contributed by atoms with E-state index in [1.54, 1.807) is 0 Å². The number of rotatable bonds is 1. The first-order valence-electron chi connectivity index (χ1n) is 1.99. The molecule has 0 saturated carbocycles. The van der Waals surface area contributed by atoms with Gasteiger partial charge in [-0.1, -0.05) is 0 Å². The van der Waals surface area contributed by atoms with Crippen LogP contribution in [0.4, 0.5) is 0 Å². The van der Waals surface area contributed by atoms with Crippen molar-refractivity contribution in [2.75, 3.05) is 0 Å². The summed E-state index contributed by atoms with van der Waals surface area (Å²) in [5.41, 5.74) is 0. The Morgan fingerprint density at radius 2 is 2.33 bits per heavy atom. The zero-order valence-corrected chi connectivity index (χ0v) is 5.82. The van der Waals surface area contributed by atoms with E-state index in [9.17, 15) is 8.42 Å². The van der Waals surface area contributed by atoms with Gasteiger partial charge >= 0.3 is 10.1 Å². The minimum absolute atomic E-state index is 0.123. The third kappa shape index (κ3) is 1.47. The van der Waals surface area contributed by atoms with Crippen LogP contribution in [0.15, 0.2) is 16.5 Å². The molecule has 1 aromatic heterocycles. The highest BCUT2D eigenvalue weighted by molar-refractivity contribution is 7.88. The minimum Gasteiger partial charge on any atom is -0.281 e. The first-order chi connectivity index (χ1) is 4.11. The van der Waals surface area contributed by atoms with Crippen LogP contribution in [-0.2, 0) is 10.1 Å². The van der Waals surface area contributed by atoms with Crippen LogP contribution in [0.1, 0.15) is 0 Å². The minimum atomic E-state index is -4.00. The van der Waals surface area contributed by atoms with Gasteiger partial charge in [-0.3, -0.25) is 4.55 Å². The van der Waals surface area contributed by atoms with Crippen LogP contribution in [-0.4, -0.2) is 17.3 Å². The highest BCUT2D eigenvalue weighted by Gasteiger charge is 2.09. The summed E-state index contributed by atoms with van der Waals surface area (Å²) in [4.78, 5) is 0. The first kappa shape index (κ1) is 6.66. The SMILES string of the molecule is O=S(=O)(O)c1ccns1. The fourth-order valence-electron chi connectivity index (χ4n) is 0.337. The molecule has 1 rings (SSSR count). The van der Waals surface area contributed by atoms with Gasteiger partial charge in [0.1, 0.15) is 0 Å². The van der Waals surface area contributed by atoms with Crippen molar-refractivity contribution in [2.45, 2.75) is 4.21 Å². The number of aromatic nitrogens is 1. The van der Waals surface area contributed by atoms with E-state index in [-0.39, 0.29) is 4.21 Å². The predicted octanol–water partition coefficient (Wildman–Crippen LogP) is 0.390. The first-order valence-corrected chi connectivity index (χ1v) is 4.20. The van der Waals surface area contributed by atoms with Crippen LogP contribution in [0.2, 0.25) is 0 Å². The largest absolute Gasteiger partial charge is 0.305 e. The molecule has 0 radical (unpaired) electrons. The molecule has 0 aliphatic rings. The van der Waals surface area contributed by atoms with Crippen molar-refractivity contribution in [3.05, 3.63) is 12.3 Å². The molecule has 9 heavy (non-hydrogen) atoms. The van der Waals surface area contributed by atoms with Crippen LogP contribution in [0.5, 0.6) is 0 Å². The van der Waals surface area contributed by atoms with E-state index in [0.29, 0.717) is 0 Å². The molecule has 0 atom stereocenters. The highest BCUT2D eigenvalue weighted by atomic mass is 32.3. The Morgan fingerprint density at radius 1 is 1.67 bits per heavy atom. The van der Waals surface area contributed by atoms with Crippen molar-refractivity contribution < 1.29 is 13.0 Å².